The van der Waals surface area contributed by atoms with E-state index in [0.29, 0.717) is 19.4 Å². The molecular formula is C78H145NO10. The van der Waals surface area contributed by atoms with Crippen LogP contribution in [-0.4, -0.2) is 100 Å². The molecule has 1 aliphatic rings. The van der Waals surface area contributed by atoms with Crippen molar-refractivity contribution in [3.8, 4) is 0 Å². The molecule has 0 aromatic carbocycles. The van der Waals surface area contributed by atoms with Crippen LogP contribution in [0.2, 0.25) is 0 Å². The molecule has 89 heavy (non-hydrogen) atoms. The van der Waals surface area contributed by atoms with Gasteiger partial charge in [-0.1, -0.05) is 319 Å². The maximum atomic E-state index is 13.0. The number of unbranched alkanes of at least 4 members (excludes halogenated alkanes) is 48. The third-order valence-electron chi connectivity index (χ3n) is 18.2. The van der Waals surface area contributed by atoms with Crippen LogP contribution in [0.4, 0.5) is 0 Å². The van der Waals surface area contributed by atoms with E-state index in [9.17, 15) is 35.1 Å². The van der Waals surface area contributed by atoms with E-state index >= 15 is 0 Å². The van der Waals surface area contributed by atoms with E-state index in [1.54, 1.807) is 6.08 Å². The normalized spacial score (nSPS) is 17.9. The van der Waals surface area contributed by atoms with E-state index in [-0.39, 0.29) is 18.5 Å². The maximum Gasteiger partial charge on any atom is 0.305 e. The monoisotopic (exact) mass is 1260 g/mol. The Labute approximate surface area is 548 Å². The topological polar surface area (TPSA) is 175 Å². The van der Waals surface area contributed by atoms with Crippen LogP contribution >= 0.6 is 0 Å². The molecule has 1 amide bonds. The minimum absolute atomic E-state index is 0.00702. The molecule has 0 aromatic heterocycles. The van der Waals surface area contributed by atoms with Crippen molar-refractivity contribution in [2.24, 2.45) is 0 Å². The van der Waals surface area contributed by atoms with Gasteiger partial charge in [0.1, 0.15) is 24.4 Å². The average Bonchev–Trinajstić information content (AvgIpc) is 1.92. The van der Waals surface area contributed by atoms with Gasteiger partial charge in [0.05, 0.1) is 32.0 Å². The first kappa shape index (κ1) is 84.6. The lowest BCUT2D eigenvalue weighted by molar-refractivity contribution is -0.302. The standard InChI is InChI=1S/C78H145NO10/c1-3-5-7-9-11-13-14-15-16-36-40-43-46-50-54-58-62-66-74(83)87-67-63-59-55-51-47-44-41-38-35-33-31-29-27-25-23-21-19-17-18-20-22-24-26-28-30-32-34-37-39-42-45-49-53-57-61-65-73(82)79-70(71(81)64-60-56-52-48-12-10-8-6-4-2)69-88-78-77(86)76(85)75(84)72(68-80)89-78/h15-16,19,21,25,27,60,64,70-72,75-78,80-81,84-86H,3-14,17-18,20,22-24,26,28-59,61-63,65-69H2,1-2H3,(H,79,82)/b16-15-,21-19-,27-25-,64-60+. The summed E-state index contributed by atoms with van der Waals surface area (Å²) >= 11 is 0. The van der Waals surface area contributed by atoms with E-state index in [2.05, 4.69) is 55.6 Å². The molecule has 7 atom stereocenters. The van der Waals surface area contributed by atoms with Gasteiger partial charge in [0, 0.05) is 12.8 Å². The van der Waals surface area contributed by atoms with E-state index in [4.69, 9.17) is 14.2 Å². The minimum Gasteiger partial charge on any atom is -0.466 e. The molecule has 1 rings (SSSR count). The first-order chi connectivity index (χ1) is 43.7. The molecule has 1 saturated heterocycles. The van der Waals surface area contributed by atoms with Gasteiger partial charge in [0.2, 0.25) is 5.91 Å². The molecule has 1 heterocycles. The molecule has 0 bridgehead atoms. The number of nitrogens with one attached hydrogen (secondary N) is 1. The van der Waals surface area contributed by atoms with Gasteiger partial charge in [-0.2, -0.15) is 0 Å². The number of amides is 1. The smallest absolute Gasteiger partial charge is 0.305 e. The molecule has 7 unspecified atom stereocenters. The molecule has 1 fully saturated rings. The van der Waals surface area contributed by atoms with Crippen LogP contribution in [0.25, 0.3) is 0 Å². The second kappa shape index (κ2) is 67.1. The number of aliphatic hydroxyl groups is 5. The van der Waals surface area contributed by atoms with E-state index in [1.165, 1.54) is 283 Å². The Balaban J connectivity index is 1.88. The van der Waals surface area contributed by atoms with Gasteiger partial charge in [-0.05, 0) is 89.9 Å². The Hall–Kier alpha value is -2.38. The molecule has 11 nitrogen and oxygen atoms in total. The fourth-order valence-corrected chi connectivity index (χ4v) is 12.1. The van der Waals surface area contributed by atoms with Crippen LogP contribution in [-0.2, 0) is 23.8 Å². The van der Waals surface area contributed by atoms with Gasteiger partial charge in [-0.25, -0.2) is 0 Å². The highest BCUT2D eigenvalue weighted by Gasteiger charge is 2.44. The number of carbonyl (C=O) groups excluding carboxylic acids is 2. The minimum atomic E-state index is -1.57. The first-order valence-electron chi connectivity index (χ1n) is 38.4. The van der Waals surface area contributed by atoms with Crippen LogP contribution in [0.1, 0.15) is 373 Å². The predicted octanol–water partition coefficient (Wildman–Crippen LogP) is 20.3. The maximum absolute atomic E-state index is 13.0. The quantitative estimate of drug-likeness (QED) is 0.0195. The van der Waals surface area contributed by atoms with Crippen LogP contribution in [0, 0.1) is 0 Å². The van der Waals surface area contributed by atoms with Gasteiger partial charge in [0.15, 0.2) is 6.29 Å². The lowest BCUT2D eigenvalue weighted by Gasteiger charge is -2.40. The number of allylic oxidation sites excluding steroid dienone is 7. The fourth-order valence-electron chi connectivity index (χ4n) is 12.1. The molecule has 1 aliphatic heterocycles. The SMILES string of the molecule is CCCCCCCC/C=C\CCCCCCCCCC(=O)OCCCCCCCCCCCCC/C=C\C/C=C\CCCCCCCCCCCCCCCCCCCC(=O)NC(COC1OC(CO)C(O)C(O)C1O)C(O)/C=C/CCCCCCCCC. The van der Waals surface area contributed by atoms with Crippen LogP contribution < -0.4 is 5.32 Å². The van der Waals surface area contributed by atoms with Crippen molar-refractivity contribution in [3.05, 3.63) is 48.6 Å². The molecule has 0 aromatic rings. The lowest BCUT2D eigenvalue weighted by Crippen LogP contribution is -2.60. The summed E-state index contributed by atoms with van der Waals surface area (Å²) in [5.41, 5.74) is 0. The summed E-state index contributed by atoms with van der Waals surface area (Å²) in [6.07, 6.45) is 78.6. The number of hydrogen-bond acceptors (Lipinski definition) is 10. The number of aliphatic hydroxyl groups excluding tert-OH is 5. The molecule has 11 heteroatoms. The highest BCUT2D eigenvalue weighted by Crippen LogP contribution is 2.23. The summed E-state index contributed by atoms with van der Waals surface area (Å²) in [5, 5.41) is 54.3. The van der Waals surface area contributed by atoms with Crippen molar-refractivity contribution in [2.75, 3.05) is 19.8 Å². The van der Waals surface area contributed by atoms with Gasteiger partial charge in [-0.15, -0.1) is 0 Å². The number of esters is 1. The average molecular weight is 1260 g/mol. The zero-order valence-corrected chi connectivity index (χ0v) is 58.2. The second-order valence-corrected chi connectivity index (χ2v) is 26.7. The van der Waals surface area contributed by atoms with E-state index < -0.39 is 49.5 Å². The number of carbonyl (C=O) groups is 2. The largest absolute Gasteiger partial charge is 0.466 e. The fraction of sp³-hybridized carbons (Fsp3) is 0.872. The number of hydrogen-bond donors (Lipinski definition) is 6. The van der Waals surface area contributed by atoms with Gasteiger partial charge < -0.3 is 45.1 Å². The lowest BCUT2D eigenvalue weighted by atomic mass is 9.99. The predicted molar refractivity (Wildman–Crippen MR) is 375 cm³/mol. The van der Waals surface area contributed by atoms with Crippen molar-refractivity contribution in [2.45, 2.75) is 416 Å². The third-order valence-corrected chi connectivity index (χ3v) is 18.2. The third kappa shape index (κ3) is 55.8. The van der Waals surface area contributed by atoms with E-state index in [0.717, 1.165) is 64.2 Å². The van der Waals surface area contributed by atoms with Crippen molar-refractivity contribution < 1.29 is 49.3 Å². The van der Waals surface area contributed by atoms with Gasteiger partial charge in [0.25, 0.3) is 0 Å². The van der Waals surface area contributed by atoms with Gasteiger partial charge >= 0.3 is 5.97 Å². The molecule has 0 aliphatic carbocycles. The Morgan fingerprint density at radius 1 is 0.416 bits per heavy atom. The summed E-state index contributed by atoms with van der Waals surface area (Å²) in [6.45, 7) is 4.34. The number of rotatable bonds is 68. The van der Waals surface area contributed by atoms with Crippen LogP contribution in [0.5, 0.6) is 0 Å². The summed E-state index contributed by atoms with van der Waals surface area (Å²) in [6, 6.07) is -0.807. The molecule has 522 valence electrons. The van der Waals surface area contributed by atoms with Crippen molar-refractivity contribution >= 4 is 11.9 Å². The van der Waals surface area contributed by atoms with Crippen molar-refractivity contribution in [1.29, 1.82) is 0 Å². The van der Waals surface area contributed by atoms with Crippen molar-refractivity contribution in [1.82, 2.24) is 5.32 Å². The Kier molecular flexibility index (Phi) is 63.8. The zero-order chi connectivity index (χ0) is 64.4. The Morgan fingerprint density at radius 3 is 1.15 bits per heavy atom. The first-order valence-corrected chi connectivity index (χ1v) is 38.4. The zero-order valence-electron chi connectivity index (χ0n) is 58.2. The highest BCUT2D eigenvalue weighted by atomic mass is 16.7. The summed E-state index contributed by atoms with van der Waals surface area (Å²) in [7, 11) is 0. The summed E-state index contributed by atoms with van der Waals surface area (Å²) < 4.78 is 16.7. The molecular weight excluding hydrogens is 1110 g/mol. The molecule has 0 spiro atoms. The van der Waals surface area contributed by atoms with Crippen molar-refractivity contribution in [3.63, 3.8) is 0 Å². The Morgan fingerprint density at radius 2 is 0.753 bits per heavy atom. The molecule has 6 N–H and O–H groups in total. The summed E-state index contributed by atoms with van der Waals surface area (Å²) in [4.78, 5) is 25.1. The highest BCUT2D eigenvalue weighted by molar-refractivity contribution is 5.76. The van der Waals surface area contributed by atoms with Crippen LogP contribution in [0.3, 0.4) is 0 Å². The molecule has 0 saturated carbocycles. The summed E-state index contributed by atoms with van der Waals surface area (Å²) in [5.74, 6) is -0.173. The Bertz CT molecular complexity index is 1620. The van der Waals surface area contributed by atoms with Gasteiger partial charge in [-0.3, -0.25) is 9.59 Å². The number of ether oxygens (including phenoxy) is 3. The molecule has 0 radical (unpaired) electrons. The van der Waals surface area contributed by atoms with Crippen LogP contribution in [0.15, 0.2) is 48.6 Å². The van der Waals surface area contributed by atoms with E-state index in [1.807, 2.05) is 6.08 Å². The second-order valence-electron chi connectivity index (χ2n) is 26.7.